The van der Waals surface area contributed by atoms with E-state index in [0.717, 1.165) is 12.0 Å². The van der Waals surface area contributed by atoms with Gasteiger partial charge >= 0.3 is 17.9 Å². The molecule has 2 bridgehead atoms. The van der Waals surface area contributed by atoms with Gasteiger partial charge in [-0.3, -0.25) is 19.2 Å². The second kappa shape index (κ2) is 15.5. The van der Waals surface area contributed by atoms with Gasteiger partial charge in [0.05, 0.1) is 5.92 Å². The molecule has 0 spiro atoms. The number of fused-ring (bicyclic) bond motifs is 1. The lowest BCUT2D eigenvalue weighted by atomic mass is 9.59. The zero-order valence-electron chi connectivity index (χ0n) is 23.7. The lowest BCUT2D eigenvalue weighted by molar-refractivity contribution is -0.143. The second-order valence-corrected chi connectivity index (χ2v) is 9.98. The van der Waals surface area contributed by atoms with Crippen LogP contribution < -0.4 is 5.32 Å². The maximum absolute atomic E-state index is 11.6. The van der Waals surface area contributed by atoms with Crippen molar-refractivity contribution in [2.24, 2.45) is 16.2 Å². The number of nitrogens with zero attached hydrogens (tertiary/aromatic N) is 4. The number of hydrogen-bond donors (Lipinski definition) is 5. The number of benzene rings is 3. The Balaban J connectivity index is 0.000000190. The van der Waals surface area contributed by atoms with Crippen molar-refractivity contribution in [3.63, 3.8) is 0 Å². The molecule has 1 unspecified atom stereocenters. The van der Waals surface area contributed by atoms with E-state index in [0.29, 0.717) is 12.1 Å². The molecule has 0 aromatic heterocycles. The van der Waals surface area contributed by atoms with Gasteiger partial charge in [-0.05, 0) is 53.1 Å². The fourth-order valence-corrected chi connectivity index (χ4v) is 5.24. The van der Waals surface area contributed by atoms with Crippen molar-refractivity contribution < 1.29 is 39.7 Å². The summed E-state index contributed by atoms with van der Waals surface area (Å²) in [6, 6.07) is 23.5. The molecule has 0 heterocycles. The Hall–Kier alpha value is -5.68. The zero-order chi connectivity index (χ0) is 32.2. The van der Waals surface area contributed by atoms with Crippen LogP contribution in [0.4, 0.5) is 5.69 Å². The molecule has 0 aliphatic heterocycles. The number of rotatable bonds is 8. The van der Waals surface area contributed by atoms with Crippen molar-refractivity contribution in [1.82, 2.24) is 5.32 Å². The molecule has 1 amide bonds. The normalized spacial score (nSPS) is 17.1. The van der Waals surface area contributed by atoms with Crippen molar-refractivity contribution in [3.8, 4) is 0 Å². The Bertz CT molecular complexity index is 1550. The molecule has 3 aromatic rings. The van der Waals surface area contributed by atoms with Gasteiger partial charge in [0, 0.05) is 28.9 Å². The van der Waals surface area contributed by atoms with Gasteiger partial charge in [-0.15, -0.1) is 0 Å². The summed E-state index contributed by atoms with van der Waals surface area (Å²) in [7, 11) is 0. The van der Waals surface area contributed by atoms with E-state index in [1.54, 1.807) is 24.3 Å². The van der Waals surface area contributed by atoms with Crippen LogP contribution in [0, 0.1) is 5.92 Å². The average molecular weight is 602 g/mol. The summed E-state index contributed by atoms with van der Waals surface area (Å²) in [5, 5.41) is 42.1. The van der Waals surface area contributed by atoms with E-state index in [4.69, 9.17) is 21.0 Å². The molecule has 3 aromatic carbocycles. The van der Waals surface area contributed by atoms with Crippen molar-refractivity contribution in [2.45, 2.75) is 38.0 Å². The lowest BCUT2D eigenvalue weighted by Crippen LogP contribution is -2.36. The average Bonchev–Trinajstić information content (AvgIpc) is 3.03. The van der Waals surface area contributed by atoms with Gasteiger partial charge in [-0.25, -0.2) is 0 Å². The monoisotopic (exact) mass is 601 g/mol. The number of carbonyl (C=O) groups excluding carboxylic acids is 1. The third-order valence-electron chi connectivity index (χ3n) is 7.23. The number of carboxylic acids is 3. The first-order valence-electron chi connectivity index (χ1n) is 13.5. The van der Waals surface area contributed by atoms with Crippen LogP contribution >= 0.6 is 0 Å². The summed E-state index contributed by atoms with van der Waals surface area (Å²) < 4.78 is 0. The van der Waals surface area contributed by atoms with Crippen molar-refractivity contribution >= 4 is 35.2 Å². The van der Waals surface area contributed by atoms with Crippen LogP contribution in [-0.2, 0) is 25.6 Å². The highest BCUT2D eigenvalue weighted by atomic mass is 16.4. The summed E-state index contributed by atoms with van der Waals surface area (Å²) in [4.78, 5) is 45.0. The van der Waals surface area contributed by atoms with Crippen molar-refractivity contribution in [3.05, 3.63) is 111 Å². The molecule has 228 valence electrons. The number of carbonyl (C=O) groups is 4. The number of aliphatic carboxylic acids is 3. The van der Waals surface area contributed by atoms with Crippen LogP contribution in [-0.4, -0.2) is 56.6 Å². The summed E-state index contributed by atoms with van der Waals surface area (Å²) in [6.45, 7) is 0.781. The number of oxime groups is 1. The Morgan fingerprint density at radius 2 is 1.41 bits per heavy atom. The highest BCUT2D eigenvalue weighted by Gasteiger charge is 2.45. The first-order chi connectivity index (χ1) is 21.1. The minimum Gasteiger partial charge on any atom is -0.481 e. The summed E-state index contributed by atoms with van der Waals surface area (Å²) >= 11 is 0. The minimum absolute atomic E-state index is 0.0231. The Kier molecular flexibility index (Phi) is 11.6. The van der Waals surface area contributed by atoms with Crippen LogP contribution in [0.5, 0.6) is 0 Å². The highest BCUT2D eigenvalue weighted by molar-refractivity contribution is 6.37. The van der Waals surface area contributed by atoms with E-state index in [9.17, 15) is 24.3 Å². The number of azide groups is 1. The molecule has 1 atom stereocenters. The highest BCUT2D eigenvalue weighted by Crippen LogP contribution is 2.55. The van der Waals surface area contributed by atoms with E-state index < -0.39 is 30.4 Å². The van der Waals surface area contributed by atoms with Gasteiger partial charge in [0.25, 0.3) is 5.91 Å². The summed E-state index contributed by atoms with van der Waals surface area (Å²) in [6.07, 6.45) is 1.33. The Morgan fingerprint density at radius 1 is 0.864 bits per heavy atom. The van der Waals surface area contributed by atoms with E-state index in [1.165, 1.54) is 29.2 Å². The molecule has 0 saturated heterocycles. The number of amides is 1. The van der Waals surface area contributed by atoms with Crippen LogP contribution in [0.3, 0.4) is 0 Å². The molecular formula is C31H31N5O8. The maximum atomic E-state index is 11.6. The molecule has 6 rings (SSSR count). The molecule has 0 radical (unpaired) electrons. The largest absolute Gasteiger partial charge is 0.481 e. The van der Waals surface area contributed by atoms with Crippen LogP contribution in [0.25, 0.3) is 10.4 Å². The quantitative estimate of drug-likeness (QED) is 0.0585. The van der Waals surface area contributed by atoms with Crippen LogP contribution in [0.15, 0.2) is 83.1 Å². The predicted molar refractivity (Wildman–Crippen MR) is 159 cm³/mol. The van der Waals surface area contributed by atoms with Gasteiger partial charge in [0.15, 0.2) is 0 Å². The second-order valence-electron chi connectivity index (χ2n) is 9.98. The predicted octanol–water partition coefficient (Wildman–Crippen LogP) is 5.05. The molecule has 0 fully saturated rings. The standard InChI is InChI=1S/C17H14O2.C9H9N3O2.C5H8N2O4/c18-17(19)15-9-14-10-5-1-3-7-12(10)16(15)13-8-4-2-6-11(13)14;10-12-11-8-4-1-7(2-5-8)3-6-9(13)14;1-3(7-11)5(10)6-2-4(8)9/h1-8,14-16H,9H2,(H,18,19);1-2,4-5H,3,6H2,(H,13,14);11H,2H2,1H3,(H,6,10)(H,8,9). The van der Waals surface area contributed by atoms with Gasteiger partial charge in [-0.2, -0.15) is 0 Å². The van der Waals surface area contributed by atoms with E-state index >= 15 is 0 Å². The molecule has 3 aliphatic carbocycles. The number of hydrogen-bond acceptors (Lipinski definition) is 7. The molecular weight excluding hydrogens is 570 g/mol. The third-order valence-corrected chi connectivity index (χ3v) is 7.23. The SMILES string of the molecule is CC(=NO)C(=O)NCC(=O)O.O=C(O)C1CC2c3ccccc3C1c1ccccc12.[N-]=[N+]=Nc1ccc(CCC(=O)O)cc1. The van der Waals surface area contributed by atoms with Crippen molar-refractivity contribution in [2.75, 3.05) is 6.54 Å². The van der Waals surface area contributed by atoms with Crippen LogP contribution in [0.1, 0.15) is 59.4 Å². The van der Waals surface area contributed by atoms with E-state index in [-0.39, 0.29) is 29.9 Å². The Labute approximate surface area is 252 Å². The molecule has 5 N–H and O–H groups in total. The molecule has 13 nitrogen and oxygen atoms in total. The van der Waals surface area contributed by atoms with E-state index in [1.807, 2.05) is 17.4 Å². The zero-order valence-corrected chi connectivity index (χ0v) is 23.7. The van der Waals surface area contributed by atoms with E-state index in [2.05, 4.69) is 51.6 Å². The fourth-order valence-electron chi connectivity index (χ4n) is 5.24. The maximum Gasteiger partial charge on any atom is 0.322 e. The Morgan fingerprint density at radius 3 is 1.86 bits per heavy atom. The molecule has 13 heteroatoms. The lowest BCUT2D eigenvalue weighted by Gasteiger charge is -2.43. The smallest absolute Gasteiger partial charge is 0.322 e. The van der Waals surface area contributed by atoms with Crippen LogP contribution in [0.2, 0.25) is 0 Å². The first-order valence-corrected chi connectivity index (χ1v) is 13.5. The summed E-state index contributed by atoms with van der Waals surface area (Å²) in [5.41, 5.74) is 14.5. The number of aryl methyl sites for hydroxylation is 1. The molecule has 0 saturated carbocycles. The molecule has 3 aliphatic rings. The first kappa shape index (κ1) is 32.8. The van der Waals surface area contributed by atoms with Crippen molar-refractivity contribution in [1.29, 1.82) is 0 Å². The van der Waals surface area contributed by atoms with Gasteiger partial charge in [0.2, 0.25) is 0 Å². The number of carboxylic acid groups (broad SMARTS) is 3. The molecule has 44 heavy (non-hydrogen) atoms. The fraction of sp³-hybridized carbons (Fsp3) is 0.258. The van der Waals surface area contributed by atoms with Gasteiger partial charge in [0.1, 0.15) is 12.3 Å². The van der Waals surface area contributed by atoms with Gasteiger partial charge in [-0.1, -0.05) is 83.1 Å². The minimum atomic E-state index is -1.15. The number of nitrogens with one attached hydrogen (secondary N) is 1. The third kappa shape index (κ3) is 8.43. The van der Waals surface area contributed by atoms with Gasteiger partial charge < -0.3 is 25.8 Å². The topological polar surface area (TPSA) is 222 Å². The summed E-state index contributed by atoms with van der Waals surface area (Å²) in [5.74, 6) is -3.34.